The molecule has 0 radical (unpaired) electrons. The Kier molecular flexibility index (Phi) is 6.64. The van der Waals surface area contributed by atoms with Gasteiger partial charge in [-0.05, 0) is 23.8 Å². The fourth-order valence-corrected chi connectivity index (χ4v) is 4.11. The summed E-state index contributed by atoms with van der Waals surface area (Å²) in [5, 5.41) is 9.35. The number of alkyl halides is 2. The summed E-state index contributed by atoms with van der Waals surface area (Å²) >= 11 is 5.84. The predicted octanol–water partition coefficient (Wildman–Crippen LogP) is 3.52. The van der Waals surface area contributed by atoms with Gasteiger partial charge in [-0.1, -0.05) is 23.7 Å². The van der Waals surface area contributed by atoms with Gasteiger partial charge in [-0.25, -0.2) is 8.42 Å². The van der Waals surface area contributed by atoms with Gasteiger partial charge in [0, 0.05) is 30.4 Å². The van der Waals surface area contributed by atoms with E-state index in [4.69, 9.17) is 16.9 Å². The first-order valence-corrected chi connectivity index (χ1v) is 9.37. The topological polar surface area (TPSA) is 74.1 Å². The van der Waals surface area contributed by atoms with E-state index < -0.39 is 35.3 Å². The molecule has 1 atom stereocenters. The molecule has 0 spiro atoms. The second-order valence-electron chi connectivity index (χ2n) is 5.61. The van der Waals surface area contributed by atoms with E-state index in [-0.39, 0.29) is 10.5 Å². The van der Waals surface area contributed by atoms with Crippen molar-refractivity contribution in [3.8, 4) is 6.07 Å². The van der Waals surface area contributed by atoms with Crippen LogP contribution in [-0.2, 0) is 10.0 Å². The van der Waals surface area contributed by atoms with Gasteiger partial charge in [0.25, 0.3) is 0 Å². The van der Waals surface area contributed by atoms with Gasteiger partial charge in [-0.2, -0.15) is 9.57 Å². The molecule has 5 nitrogen and oxygen atoms in total. The van der Waals surface area contributed by atoms with Crippen LogP contribution >= 0.6 is 11.6 Å². The molecular formula is C17H16ClF2N3O2S. The first-order chi connectivity index (χ1) is 12.3. The zero-order chi connectivity index (χ0) is 19.3. The lowest BCUT2D eigenvalue weighted by atomic mass is 9.95. The standard InChI is InChI=1S/C17H16ClF2N3O2S/c1-23(26(24,25)16-6-12(9-21)10-22-11-16)17(14(7-19)8-20)13-2-4-15(18)5-3-13/h2-6,10-11,14,17H,7-8H2,1H3/t17-/m1/s1. The molecule has 0 bridgehead atoms. The lowest BCUT2D eigenvalue weighted by Crippen LogP contribution is -2.37. The van der Waals surface area contributed by atoms with Crippen molar-refractivity contribution in [3.63, 3.8) is 0 Å². The molecule has 138 valence electrons. The fraction of sp³-hybridized carbons (Fsp3) is 0.294. The number of hydrogen-bond donors (Lipinski definition) is 0. The van der Waals surface area contributed by atoms with Crippen LogP contribution in [0, 0.1) is 17.2 Å². The highest BCUT2D eigenvalue weighted by molar-refractivity contribution is 7.89. The molecule has 0 N–H and O–H groups in total. The summed E-state index contributed by atoms with van der Waals surface area (Å²) in [5.74, 6) is -1.19. The minimum Gasteiger partial charge on any atom is -0.262 e. The number of nitrogens with zero attached hydrogens (tertiary/aromatic N) is 3. The average Bonchev–Trinajstić information content (AvgIpc) is 2.66. The Morgan fingerprint density at radius 2 is 1.85 bits per heavy atom. The van der Waals surface area contributed by atoms with Crippen molar-refractivity contribution in [1.82, 2.24) is 9.29 Å². The minimum atomic E-state index is -4.14. The molecule has 0 aliphatic heterocycles. The van der Waals surface area contributed by atoms with E-state index >= 15 is 0 Å². The molecular weight excluding hydrogens is 384 g/mol. The molecule has 9 heteroatoms. The number of nitriles is 1. The lowest BCUT2D eigenvalue weighted by molar-refractivity contribution is 0.186. The molecule has 0 saturated carbocycles. The number of benzene rings is 1. The smallest absolute Gasteiger partial charge is 0.244 e. The van der Waals surface area contributed by atoms with Crippen molar-refractivity contribution in [3.05, 3.63) is 58.9 Å². The Balaban J connectivity index is 2.52. The third kappa shape index (κ3) is 4.18. The molecule has 0 amide bonds. The quantitative estimate of drug-likeness (QED) is 0.713. The van der Waals surface area contributed by atoms with Gasteiger partial charge in [0.05, 0.1) is 25.0 Å². The van der Waals surface area contributed by atoms with Crippen LogP contribution in [0.15, 0.2) is 47.6 Å². The Labute approximate surface area is 155 Å². The third-order valence-electron chi connectivity index (χ3n) is 3.97. The second-order valence-corrected chi connectivity index (χ2v) is 8.04. The van der Waals surface area contributed by atoms with Crippen LogP contribution < -0.4 is 0 Å². The molecule has 1 aromatic carbocycles. The number of hydrogen-bond acceptors (Lipinski definition) is 4. The molecule has 2 rings (SSSR count). The monoisotopic (exact) mass is 399 g/mol. The first-order valence-electron chi connectivity index (χ1n) is 7.55. The summed E-state index contributed by atoms with van der Waals surface area (Å²) in [5.41, 5.74) is 0.472. The fourth-order valence-electron chi connectivity index (χ4n) is 2.59. The maximum atomic E-state index is 13.4. The van der Waals surface area contributed by atoms with E-state index in [9.17, 15) is 17.2 Å². The molecule has 0 aliphatic rings. The SMILES string of the molecule is CN([C@H](c1ccc(Cl)cc1)C(CF)CF)S(=O)(=O)c1cncc(C#N)c1. The number of halogens is 3. The van der Waals surface area contributed by atoms with E-state index in [1.165, 1.54) is 37.5 Å². The number of sulfonamides is 1. The van der Waals surface area contributed by atoms with Crippen molar-refractivity contribution in [2.24, 2.45) is 5.92 Å². The second kappa shape index (κ2) is 8.54. The van der Waals surface area contributed by atoms with Gasteiger partial charge in [-0.3, -0.25) is 13.8 Å². The van der Waals surface area contributed by atoms with Crippen molar-refractivity contribution in [1.29, 1.82) is 5.26 Å². The minimum absolute atomic E-state index is 0.0649. The summed E-state index contributed by atoms with van der Waals surface area (Å²) in [6.45, 7) is -2.08. The van der Waals surface area contributed by atoms with Crippen molar-refractivity contribution in [2.75, 3.05) is 20.4 Å². The predicted molar refractivity (Wildman–Crippen MR) is 93.5 cm³/mol. The summed E-state index contributed by atoms with van der Waals surface area (Å²) < 4.78 is 53.5. The average molecular weight is 400 g/mol. The van der Waals surface area contributed by atoms with Gasteiger partial charge in [0.2, 0.25) is 10.0 Å². The summed E-state index contributed by atoms with van der Waals surface area (Å²) in [7, 11) is -2.90. The molecule has 1 heterocycles. The van der Waals surface area contributed by atoms with Crippen LogP contribution in [0.3, 0.4) is 0 Å². The van der Waals surface area contributed by atoms with Crippen LogP contribution in [0.2, 0.25) is 5.02 Å². The van der Waals surface area contributed by atoms with Gasteiger partial charge >= 0.3 is 0 Å². The van der Waals surface area contributed by atoms with Crippen molar-refractivity contribution >= 4 is 21.6 Å². The Morgan fingerprint density at radius 1 is 1.23 bits per heavy atom. The van der Waals surface area contributed by atoms with Gasteiger partial charge in [-0.15, -0.1) is 0 Å². The van der Waals surface area contributed by atoms with Crippen LogP contribution in [0.1, 0.15) is 17.2 Å². The molecule has 0 unspecified atom stereocenters. The molecule has 0 fully saturated rings. The maximum absolute atomic E-state index is 13.4. The molecule has 0 saturated heterocycles. The van der Waals surface area contributed by atoms with Gasteiger partial charge in [0.1, 0.15) is 11.0 Å². The summed E-state index contributed by atoms with van der Waals surface area (Å²) in [4.78, 5) is 3.51. The Hall–Kier alpha value is -2.08. The Bertz CT molecular complexity index is 897. The molecule has 0 aliphatic carbocycles. The molecule has 2 aromatic rings. The van der Waals surface area contributed by atoms with Crippen LogP contribution in [0.5, 0.6) is 0 Å². The normalized spacial score (nSPS) is 13.0. The maximum Gasteiger partial charge on any atom is 0.244 e. The van der Waals surface area contributed by atoms with Crippen LogP contribution in [0.25, 0.3) is 0 Å². The highest BCUT2D eigenvalue weighted by atomic mass is 35.5. The zero-order valence-electron chi connectivity index (χ0n) is 13.8. The van der Waals surface area contributed by atoms with E-state index in [1.54, 1.807) is 0 Å². The summed E-state index contributed by atoms with van der Waals surface area (Å²) in [6.07, 6.45) is 2.31. The van der Waals surface area contributed by atoms with E-state index in [0.29, 0.717) is 10.6 Å². The summed E-state index contributed by atoms with van der Waals surface area (Å²) in [6, 6.07) is 7.99. The Morgan fingerprint density at radius 3 is 2.38 bits per heavy atom. The van der Waals surface area contributed by atoms with E-state index in [0.717, 1.165) is 16.6 Å². The van der Waals surface area contributed by atoms with Crippen molar-refractivity contribution < 1.29 is 17.2 Å². The van der Waals surface area contributed by atoms with Gasteiger partial charge in [0.15, 0.2) is 0 Å². The zero-order valence-corrected chi connectivity index (χ0v) is 15.4. The number of pyridine rings is 1. The molecule has 1 aromatic heterocycles. The highest BCUT2D eigenvalue weighted by Gasteiger charge is 2.35. The van der Waals surface area contributed by atoms with Gasteiger partial charge < -0.3 is 0 Å². The highest BCUT2D eigenvalue weighted by Crippen LogP contribution is 2.33. The largest absolute Gasteiger partial charge is 0.262 e. The lowest BCUT2D eigenvalue weighted by Gasteiger charge is -2.32. The number of rotatable bonds is 7. The van der Waals surface area contributed by atoms with Crippen molar-refractivity contribution in [2.45, 2.75) is 10.9 Å². The first kappa shape index (κ1) is 20.2. The number of aromatic nitrogens is 1. The van der Waals surface area contributed by atoms with E-state index in [2.05, 4.69) is 4.98 Å². The third-order valence-corrected chi connectivity index (χ3v) is 6.02. The molecule has 26 heavy (non-hydrogen) atoms. The van der Waals surface area contributed by atoms with Crippen LogP contribution in [0.4, 0.5) is 8.78 Å². The van der Waals surface area contributed by atoms with Crippen LogP contribution in [-0.4, -0.2) is 38.1 Å². The van der Waals surface area contributed by atoms with E-state index in [1.807, 2.05) is 6.07 Å².